The quantitative estimate of drug-likeness (QED) is 0.529. The molecule has 4 aromatic heterocycles. The zero-order valence-electron chi connectivity index (χ0n) is 12.3. The molecule has 0 fully saturated rings. The molecule has 0 spiro atoms. The van der Waals surface area contributed by atoms with Gasteiger partial charge >= 0.3 is 5.97 Å². The molecule has 0 aromatic carbocycles. The van der Waals surface area contributed by atoms with Crippen LogP contribution >= 0.6 is 0 Å². The van der Waals surface area contributed by atoms with Gasteiger partial charge in [-0.2, -0.15) is 0 Å². The Balaban J connectivity index is 2.11. The van der Waals surface area contributed by atoms with Gasteiger partial charge in [-0.3, -0.25) is 4.98 Å². The van der Waals surface area contributed by atoms with E-state index < -0.39 is 0 Å². The molecular formula is C18H14N2O2. The van der Waals surface area contributed by atoms with Crippen LogP contribution in [0.5, 0.6) is 0 Å². The van der Waals surface area contributed by atoms with Gasteiger partial charge in [-0.1, -0.05) is 12.1 Å². The van der Waals surface area contributed by atoms with Gasteiger partial charge in [0.1, 0.15) is 0 Å². The van der Waals surface area contributed by atoms with Gasteiger partial charge < -0.3 is 9.14 Å². The molecule has 0 atom stereocenters. The van der Waals surface area contributed by atoms with Crippen LogP contribution in [-0.2, 0) is 4.74 Å². The van der Waals surface area contributed by atoms with Crippen LogP contribution in [-0.4, -0.2) is 22.5 Å². The number of rotatable bonds is 2. The van der Waals surface area contributed by atoms with Crippen LogP contribution < -0.4 is 0 Å². The monoisotopic (exact) mass is 290 g/mol. The molecule has 22 heavy (non-hydrogen) atoms. The summed E-state index contributed by atoms with van der Waals surface area (Å²) in [5.74, 6) is -0.310. The van der Waals surface area contributed by atoms with E-state index in [9.17, 15) is 4.79 Å². The molecule has 108 valence electrons. The number of pyridine rings is 2. The molecule has 4 heteroatoms. The predicted octanol–water partition coefficient (Wildman–Crippen LogP) is 3.69. The summed E-state index contributed by atoms with van der Waals surface area (Å²) in [5.41, 5.74) is 6.70. The highest BCUT2D eigenvalue weighted by molar-refractivity contribution is 6.04. The molecule has 0 saturated heterocycles. The Labute approximate surface area is 127 Å². The molecule has 0 amide bonds. The van der Waals surface area contributed by atoms with Gasteiger partial charge in [0.2, 0.25) is 0 Å². The van der Waals surface area contributed by atoms with Crippen molar-refractivity contribution < 1.29 is 9.53 Å². The molecule has 4 nitrogen and oxygen atoms in total. The number of hydrogen-bond acceptors (Lipinski definition) is 3. The molecule has 0 aliphatic carbocycles. The van der Waals surface area contributed by atoms with Gasteiger partial charge in [-0.25, -0.2) is 4.79 Å². The minimum Gasteiger partial charge on any atom is -0.465 e. The molecule has 0 N–H and O–H groups in total. The zero-order valence-corrected chi connectivity index (χ0v) is 12.3. The number of methoxy groups -OCH3 is 1. The Morgan fingerprint density at radius 2 is 1.91 bits per heavy atom. The Kier molecular flexibility index (Phi) is 2.66. The number of aryl methyl sites for hydroxylation is 1. The zero-order chi connectivity index (χ0) is 15.3. The Hall–Kier alpha value is -2.88. The summed E-state index contributed by atoms with van der Waals surface area (Å²) in [6, 6.07) is 13.7. The molecule has 4 aromatic rings. The first-order valence-corrected chi connectivity index (χ1v) is 7.08. The Morgan fingerprint density at radius 3 is 2.64 bits per heavy atom. The molecule has 0 bridgehead atoms. The maximum atomic E-state index is 12.0. The standard InChI is InChI=1S/C18H14N2O2/c1-11-16-10-12(18(21)22-2)14-7-5-8-15(20(14)16)17(11)13-6-3-4-9-19-13/h3-10H,1-2H3. The summed E-state index contributed by atoms with van der Waals surface area (Å²) in [6.07, 6.45) is 1.79. The SMILES string of the molecule is COC(=O)c1cc2c(C)c(-c3ccccn3)c3cccc1n23. The first kappa shape index (κ1) is 12.8. The first-order valence-electron chi connectivity index (χ1n) is 7.08. The first-order chi connectivity index (χ1) is 10.7. The second kappa shape index (κ2) is 4.56. The number of esters is 1. The molecule has 0 unspecified atom stereocenters. The largest absolute Gasteiger partial charge is 0.465 e. The van der Waals surface area contributed by atoms with E-state index in [4.69, 9.17) is 4.74 Å². The summed E-state index contributed by atoms with van der Waals surface area (Å²) in [7, 11) is 1.41. The van der Waals surface area contributed by atoms with E-state index >= 15 is 0 Å². The predicted molar refractivity (Wildman–Crippen MR) is 85.4 cm³/mol. The second-order valence-corrected chi connectivity index (χ2v) is 5.28. The van der Waals surface area contributed by atoms with Crippen LogP contribution in [0.25, 0.3) is 27.8 Å². The van der Waals surface area contributed by atoms with Crippen molar-refractivity contribution in [2.75, 3.05) is 7.11 Å². The summed E-state index contributed by atoms with van der Waals surface area (Å²) in [6.45, 7) is 2.06. The van der Waals surface area contributed by atoms with Crippen LogP contribution in [0, 0.1) is 6.92 Å². The highest BCUT2D eigenvalue weighted by Gasteiger charge is 2.22. The van der Waals surface area contributed by atoms with Crippen LogP contribution in [0.15, 0.2) is 48.7 Å². The van der Waals surface area contributed by atoms with Crippen LogP contribution in [0.2, 0.25) is 0 Å². The summed E-state index contributed by atoms with van der Waals surface area (Å²) < 4.78 is 6.99. The number of hydrogen-bond donors (Lipinski definition) is 0. The van der Waals surface area contributed by atoms with Crippen molar-refractivity contribution in [2.45, 2.75) is 6.92 Å². The maximum Gasteiger partial charge on any atom is 0.340 e. The van der Waals surface area contributed by atoms with E-state index in [0.717, 1.165) is 33.4 Å². The van der Waals surface area contributed by atoms with Crippen molar-refractivity contribution in [3.63, 3.8) is 0 Å². The third-order valence-corrected chi connectivity index (χ3v) is 4.13. The third kappa shape index (κ3) is 1.58. The lowest BCUT2D eigenvalue weighted by Crippen LogP contribution is -2.00. The van der Waals surface area contributed by atoms with Crippen molar-refractivity contribution in [3.05, 3.63) is 59.8 Å². The van der Waals surface area contributed by atoms with E-state index in [1.165, 1.54) is 7.11 Å². The third-order valence-electron chi connectivity index (χ3n) is 4.13. The van der Waals surface area contributed by atoms with Gasteiger partial charge in [0.15, 0.2) is 0 Å². The van der Waals surface area contributed by atoms with E-state index in [-0.39, 0.29) is 5.97 Å². The van der Waals surface area contributed by atoms with E-state index in [1.54, 1.807) is 6.20 Å². The lowest BCUT2D eigenvalue weighted by molar-refractivity contribution is 0.0603. The second-order valence-electron chi connectivity index (χ2n) is 5.28. The van der Waals surface area contributed by atoms with Gasteiger partial charge in [0.05, 0.1) is 34.9 Å². The normalized spacial score (nSPS) is 11.4. The average molecular weight is 290 g/mol. The fraction of sp³-hybridized carbons (Fsp3) is 0.111. The fourth-order valence-electron chi connectivity index (χ4n) is 3.15. The van der Waals surface area contributed by atoms with E-state index in [0.29, 0.717) is 5.56 Å². The number of aromatic nitrogens is 2. The molecular weight excluding hydrogens is 276 g/mol. The van der Waals surface area contributed by atoms with Gasteiger partial charge in [-0.05, 0) is 42.8 Å². The van der Waals surface area contributed by atoms with Gasteiger partial charge in [0.25, 0.3) is 0 Å². The van der Waals surface area contributed by atoms with Crippen LogP contribution in [0.1, 0.15) is 15.9 Å². The summed E-state index contributed by atoms with van der Waals surface area (Å²) in [4.78, 5) is 16.4. The maximum absolute atomic E-state index is 12.0. The topological polar surface area (TPSA) is 43.6 Å². The molecule has 4 rings (SSSR count). The highest BCUT2D eigenvalue weighted by atomic mass is 16.5. The fourth-order valence-corrected chi connectivity index (χ4v) is 3.15. The number of carbonyl (C=O) groups is 1. The minimum atomic E-state index is -0.310. The van der Waals surface area contributed by atoms with Crippen molar-refractivity contribution in [1.29, 1.82) is 0 Å². The summed E-state index contributed by atoms with van der Waals surface area (Å²) in [5, 5.41) is 0. The van der Waals surface area contributed by atoms with Crippen molar-refractivity contribution in [1.82, 2.24) is 9.38 Å². The smallest absolute Gasteiger partial charge is 0.340 e. The van der Waals surface area contributed by atoms with E-state index in [1.807, 2.05) is 36.4 Å². The molecule has 4 heterocycles. The van der Waals surface area contributed by atoms with Crippen molar-refractivity contribution >= 4 is 22.5 Å². The average Bonchev–Trinajstić information content (AvgIpc) is 3.08. The number of nitrogens with zero attached hydrogens (tertiary/aromatic N) is 2. The molecule has 0 saturated carbocycles. The molecule has 0 aliphatic rings. The molecule has 0 aliphatic heterocycles. The van der Waals surface area contributed by atoms with Crippen LogP contribution in [0.3, 0.4) is 0 Å². The highest BCUT2D eigenvalue weighted by Crippen LogP contribution is 2.36. The Morgan fingerprint density at radius 1 is 1.09 bits per heavy atom. The summed E-state index contributed by atoms with van der Waals surface area (Å²) >= 11 is 0. The lowest BCUT2D eigenvalue weighted by Gasteiger charge is -2.03. The molecule has 0 radical (unpaired) electrons. The number of carbonyl (C=O) groups excluding carboxylic acids is 1. The minimum absolute atomic E-state index is 0.310. The van der Waals surface area contributed by atoms with E-state index in [2.05, 4.69) is 22.4 Å². The van der Waals surface area contributed by atoms with Gasteiger partial charge in [0, 0.05) is 11.8 Å². The van der Waals surface area contributed by atoms with Crippen molar-refractivity contribution in [2.24, 2.45) is 0 Å². The van der Waals surface area contributed by atoms with Crippen LogP contribution in [0.4, 0.5) is 0 Å². The number of ether oxygens (including phenoxy) is 1. The Bertz CT molecular complexity index is 987. The lowest BCUT2D eigenvalue weighted by atomic mass is 10.1. The van der Waals surface area contributed by atoms with Gasteiger partial charge in [-0.15, -0.1) is 0 Å². The van der Waals surface area contributed by atoms with Crippen molar-refractivity contribution in [3.8, 4) is 11.3 Å².